The summed E-state index contributed by atoms with van der Waals surface area (Å²) in [6, 6.07) is 13.6. The fraction of sp³-hybridized carbons (Fsp3) is 0.182. The molecule has 3 aromatic carbocycles. The number of rotatable bonds is 5. The van der Waals surface area contributed by atoms with Gasteiger partial charge in [0.05, 0.1) is 23.1 Å². The van der Waals surface area contributed by atoms with Crippen LogP contribution in [0, 0.1) is 0 Å². The van der Waals surface area contributed by atoms with E-state index in [0.717, 1.165) is 0 Å². The van der Waals surface area contributed by atoms with Crippen LogP contribution in [0.25, 0.3) is 0 Å². The third-order valence-electron chi connectivity index (χ3n) is 4.72. The Hall–Kier alpha value is -3.01. The van der Waals surface area contributed by atoms with E-state index in [4.69, 9.17) is 4.74 Å². The minimum absolute atomic E-state index is 0.107. The van der Waals surface area contributed by atoms with Crippen LogP contribution in [0.15, 0.2) is 77.7 Å². The summed E-state index contributed by atoms with van der Waals surface area (Å²) >= 11 is 0. The fourth-order valence-corrected chi connectivity index (χ4v) is 5.07. The van der Waals surface area contributed by atoms with Crippen molar-refractivity contribution in [3.8, 4) is 5.75 Å². The molecule has 0 amide bonds. The van der Waals surface area contributed by atoms with Crippen LogP contribution in [0.3, 0.4) is 0 Å². The first kappa shape index (κ1) is 23.6. The van der Waals surface area contributed by atoms with Crippen molar-refractivity contribution in [1.82, 2.24) is 0 Å². The Morgan fingerprint density at radius 3 is 1.62 bits per heavy atom. The standard InChI is InChI=1S/C22H16F6O3S/c1-31-18-9-7-15(8-10-18)20(14-5-3-2-4-6-14)32(29,30)19-12-16(21(23,24)25)11-17(13-19)22(26,27)28/h2-13,20H,1H3. The Bertz CT molecular complexity index is 1150. The van der Waals surface area contributed by atoms with E-state index in [-0.39, 0.29) is 29.3 Å². The van der Waals surface area contributed by atoms with Crippen LogP contribution in [0.1, 0.15) is 27.5 Å². The minimum Gasteiger partial charge on any atom is -0.497 e. The van der Waals surface area contributed by atoms with E-state index >= 15 is 0 Å². The number of hydrogen-bond donors (Lipinski definition) is 0. The van der Waals surface area contributed by atoms with Gasteiger partial charge < -0.3 is 4.74 Å². The normalized spacial score (nSPS) is 13.6. The maximum atomic E-state index is 13.5. The predicted octanol–water partition coefficient (Wildman–Crippen LogP) is 6.30. The lowest BCUT2D eigenvalue weighted by atomic mass is 10.0. The second-order valence-electron chi connectivity index (χ2n) is 6.85. The van der Waals surface area contributed by atoms with Crippen LogP contribution in [0.2, 0.25) is 0 Å². The van der Waals surface area contributed by atoms with Crippen molar-refractivity contribution in [2.75, 3.05) is 7.11 Å². The number of benzene rings is 3. The van der Waals surface area contributed by atoms with Crippen LogP contribution >= 0.6 is 0 Å². The van der Waals surface area contributed by atoms with E-state index in [2.05, 4.69) is 0 Å². The van der Waals surface area contributed by atoms with Crippen molar-refractivity contribution in [2.24, 2.45) is 0 Å². The highest BCUT2D eigenvalue weighted by Gasteiger charge is 2.40. The largest absolute Gasteiger partial charge is 0.497 e. The van der Waals surface area contributed by atoms with Gasteiger partial charge in [0.1, 0.15) is 11.0 Å². The van der Waals surface area contributed by atoms with E-state index in [9.17, 15) is 34.8 Å². The molecule has 0 saturated heterocycles. The Balaban J connectivity index is 2.27. The Labute approximate surface area is 180 Å². The highest BCUT2D eigenvalue weighted by molar-refractivity contribution is 7.92. The third kappa shape index (κ3) is 4.90. The smallest absolute Gasteiger partial charge is 0.416 e. The number of sulfone groups is 1. The number of alkyl halides is 6. The SMILES string of the molecule is COc1ccc(C(c2ccccc2)S(=O)(=O)c2cc(C(F)(F)F)cc(C(F)(F)F)c2)cc1. The van der Waals surface area contributed by atoms with E-state index < -0.39 is 43.5 Å². The second kappa shape index (κ2) is 8.50. The van der Waals surface area contributed by atoms with Gasteiger partial charge in [0.25, 0.3) is 0 Å². The quantitative estimate of drug-likeness (QED) is 0.408. The summed E-state index contributed by atoms with van der Waals surface area (Å²) in [5, 5.41) is -1.54. The average Bonchev–Trinajstić information content (AvgIpc) is 2.73. The zero-order chi connectivity index (χ0) is 23.7. The number of hydrogen-bond acceptors (Lipinski definition) is 3. The lowest BCUT2D eigenvalue weighted by molar-refractivity contribution is -0.143. The molecule has 10 heteroatoms. The van der Waals surface area contributed by atoms with Gasteiger partial charge in [0, 0.05) is 0 Å². The third-order valence-corrected chi connectivity index (χ3v) is 6.78. The van der Waals surface area contributed by atoms with Gasteiger partial charge in [-0.1, -0.05) is 42.5 Å². The van der Waals surface area contributed by atoms with Crippen molar-refractivity contribution in [3.63, 3.8) is 0 Å². The summed E-state index contributed by atoms with van der Waals surface area (Å²) in [5.74, 6) is 0.399. The molecule has 3 nitrogen and oxygen atoms in total. The zero-order valence-corrected chi connectivity index (χ0v) is 17.2. The van der Waals surface area contributed by atoms with Crippen LogP contribution in [0.4, 0.5) is 26.3 Å². The molecule has 0 aromatic heterocycles. The van der Waals surface area contributed by atoms with Gasteiger partial charge in [0.2, 0.25) is 0 Å². The molecule has 0 saturated carbocycles. The van der Waals surface area contributed by atoms with E-state index in [1.165, 1.54) is 55.6 Å². The summed E-state index contributed by atoms with van der Waals surface area (Å²) < 4.78 is 112. The molecule has 32 heavy (non-hydrogen) atoms. The summed E-state index contributed by atoms with van der Waals surface area (Å²) in [6.45, 7) is 0. The molecule has 170 valence electrons. The molecule has 0 aliphatic heterocycles. The maximum absolute atomic E-state index is 13.5. The molecule has 0 heterocycles. The first-order chi connectivity index (χ1) is 14.8. The van der Waals surface area contributed by atoms with Gasteiger partial charge in [-0.15, -0.1) is 0 Å². The molecule has 0 aliphatic carbocycles. The molecule has 1 atom stereocenters. The maximum Gasteiger partial charge on any atom is 0.416 e. The first-order valence-electron chi connectivity index (χ1n) is 9.06. The molecule has 3 aromatic rings. The molecule has 0 spiro atoms. The minimum atomic E-state index is -5.17. The van der Waals surface area contributed by atoms with Crippen LogP contribution < -0.4 is 4.74 Å². The van der Waals surface area contributed by atoms with Gasteiger partial charge in [-0.3, -0.25) is 0 Å². The van der Waals surface area contributed by atoms with Crippen molar-refractivity contribution < 1.29 is 39.5 Å². The highest BCUT2D eigenvalue weighted by atomic mass is 32.2. The molecule has 0 bridgehead atoms. The number of halogens is 6. The van der Waals surface area contributed by atoms with Gasteiger partial charge >= 0.3 is 12.4 Å². The lowest BCUT2D eigenvalue weighted by Crippen LogP contribution is -2.18. The number of methoxy groups -OCH3 is 1. The molecular formula is C22H16F6O3S. The van der Waals surface area contributed by atoms with Gasteiger partial charge in [-0.05, 0) is 41.5 Å². The molecule has 0 fully saturated rings. The highest BCUT2D eigenvalue weighted by Crippen LogP contribution is 2.41. The summed E-state index contributed by atoms with van der Waals surface area (Å²) in [6.07, 6.45) is -10.3. The topological polar surface area (TPSA) is 43.4 Å². The molecule has 0 aliphatic rings. The molecule has 3 rings (SSSR count). The van der Waals surface area contributed by atoms with E-state index in [1.54, 1.807) is 6.07 Å². The fourth-order valence-electron chi connectivity index (χ4n) is 3.18. The monoisotopic (exact) mass is 474 g/mol. The lowest BCUT2D eigenvalue weighted by Gasteiger charge is -2.21. The molecule has 0 N–H and O–H groups in total. The van der Waals surface area contributed by atoms with Gasteiger partial charge in [-0.2, -0.15) is 26.3 Å². The van der Waals surface area contributed by atoms with E-state index in [0.29, 0.717) is 5.75 Å². The first-order valence-corrected chi connectivity index (χ1v) is 10.6. The summed E-state index contributed by atoms with van der Waals surface area (Å²) in [7, 11) is -3.34. The van der Waals surface area contributed by atoms with Crippen molar-refractivity contribution in [3.05, 3.63) is 95.1 Å². The summed E-state index contributed by atoms with van der Waals surface area (Å²) in [4.78, 5) is -1.08. The van der Waals surface area contributed by atoms with Gasteiger partial charge in [-0.25, -0.2) is 8.42 Å². The van der Waals surface area contributed by atoms with Crippen LogP contribution in [0.5, 0.6) is 5.75 Å². The zero-order valence-electron chi connectivity index (χ0n) is 16.4. The van der Waals surface area contributed by atoms with Crippen molar-refractivity contribution >= 4 is 9.84 Å². The second-order valence-corrected chi connectivity index (χ2v) is 8.88. The van der Waals surface area contributed by atoms with Gasteiger partial charge in [0.15, 0.2) is 9.84 Å². The van der Waals surface area contributed by atoms with Crippen LogP contribution in [-0.4, -0.2) is 15.5 Å². The molecular weight excluding hydrogens is 458 g/mol. The Kier molecular flexibility index (Phi) is 6.28. The van der Waals surface area contributed by atoms with Crippen molar-refractivity contribution in [1.29, 1.82) is 0 Å². The van der Waals surface area contributed by atoms with Crippen molar-refractivity contribution in [2.45, 2.75) is 22.5 Å². The summed E-state index contributed by atoms with van der Waals surface area (Å²) in [5.41, 5.74) is -3.06. The Morgan fingerprint density at radius 1 is 0.719 bits per heavy atom. The molecule has 0 radical (unpaired) electrons. The van der Waals surface area contributed by atoms with E-state index in [1.807, 2.05) is 0 Å². The Morgan fingerprint density at radius 2 is 1.19 bits per heavy atom. The number of ether oxygens (including phenoxy) is 1. The molecule has 1 unspecified atom stereocenters. The van der Waals surface area contributed by atoms with Crippen LogP contribution in [-0.2, 0) is 22.2 Å². The predicted molar refractivity (Wildman–Crippen MR) is 105 cm³/mol. The average molecular weight is 474 g/mol.